The second kappa shape index (κ2) is 8.40. The molecule has 2 N–H and O–H groups in total. The van der Waals surface area contributed by atoms with Gasteiger partial charge in [0.2, 0.25) is 0 Å². The second-order valence-electron chi connectivity index (χ2n) is 6.16. The maximum atomic E-state index is 9.19. The Morgan fingerprint density at radius 2 is 2.24 bits per heavy atom. The van der Waals surface area contributed by atoms with Crippen molar-refractivity contribution in [2.45, 2.75) is 52.0 Å². The quantitative estimate of drug-likeness (QED) is 0.806. The van der Waals surface area contributed by atoms with Crippen LogP contribution in [0, 0.1) is 12.8 Å². The van der Waals surface area contributed by atoms with E-state index in [4.69, 9.17) is 4.74 Å². The summed E-state index contributed by atoms with van der Waals surface area (Å²) in [4.78, 5) is 0. The Hall–Kier alpha value is -1.06. The van der Waals surface area contributed by atoms with E-state index in [1.54, 1.807) is 0 Å². The summed E-state index contributed by atoms with van der Waals surface area (Å²) in [5, 5.41) is 12.9. The molecule has 2 atom stereocenters. The summed E-state index contributed by atoms with van der Waals surface area (Å²) in [5.74, 6) is 1.60. The van der Waals surface area contributed by atoms with Gasteiger partial charge < -0.3 is 15.2 Å². The molecule has 2 unspecified atom stereocenters. The first-order valence-electron chi connectivity index (χ1n) is 8.32. The van der Waals surface area contributed by atoms with Crippen molar-refractivity contribution >= 4 is 0 Å². The highest BCUT2D eigenvalue weighted by Crippen LogP contribution is 2.32. The number of ether oxygens (including phenoxy) is 1. The van der Waals surface area contributed by atoms with Crippen LogP contribution in [0.2, 0.25) is 0 Å². The third-order valence-electron chi connectivity index (χ3n) is 4.32. The Kier molecular flexibility index (Phi) is 6.52. The van der Waals surface area contributed by atoms with E-state index in [2.05, 4.69) is 37.4 Å². The minimum absolute atomic E-state index is 0.288. The zero-order valence-corrected chi connectivity index (χ0v) is 13.4. The van der Waals surface area contributed by atoms with Crippen LogP contribution in [0.25, 0.3) is 0 Å². The largest absolute Gasteiger partial charge is 0.493 e. The lowest BCUT2D eigenvalue weighted by Crippen LogP contribution is -2.28. The Morgan fingerprint density at radius 1 is 1.38 bits per heavy atom. The standard InChI is InChI=1S/C18H29NO2/c1-3-5-15(9-10-20)13-19-17-6-4-11-21-18-8-7-14(2)12-16(17)18/h7-8,12,15,17,19-20H,3-6,9-11,13H2,1-2H3. The third-order valence-corrected chi connectivity index (χ3v) is 4.32. The topological polar surface area (TPSA) is 41.5 Å². The van der Waals surface area contributed by atoms with Crippen LogP contribution in [-0.4, -0.2) is 24.9 Å². The van der Waals surface area contributed by atoms with Crippen molar-refractivity contribution in [1.82, 2.24) is 5.32 Å². The van der Waals surface area contributed by atoms with Crippen molar-refractivity contribution in [3.05, 3.63) is 29.3 Å². The fraction of sp³-hybridized carbons (Fsp3) is 0.667. The fourth-order valence-corrected chi connectivity index (χ4v) is 3.16. The molecule has 0 aromatic heterocycles. The number of hydrogen-bond donors (Lipinski definition) is 2. The van der Waals surface area contributed by atoms with Crippen LogP contribution >= 0.6 is 0 Å². The molecule has 1 aromatic carbocycles. The van der Waals surface area contributed by atoms with Crippen molar-refractivity contribution in [3.8, 4) is 5.75 Å². The summed E-state index contributed by atoms with van der Waals surface area (Å²) in [6, 6.07) is 6.84. The number of aliphatic hydroxyl groups excluding tert-OH is 1. The van der Waals surface area contributed by atoms with Crippen molar-refractivity contribution in [3.63, 3.8) is 0 Å². The van der Waals surface area contributed by atoms with Crippen molar-refractivity contribution < 1.29 is 9.84 Å². The van der Waals surface area contributed by atoms with E-state index in [0.717, 1.165) is 38.2 Å². The van der Waals surface area contributed by atoms with E-state index in [1.165, 1.54) is 24.0 Å². The van der Waals surface area contributed by atoms with Crippen LogP contribution in [0.1, 0.15) is 56.2 Å². The van der Waals surface area contributed by atoms with Crippen LogP contribution in [0.4, 0.5) is 0 Å². The molecule has 0 bridgehead atoms. The molecule has 1 aliphatic heterocycles. The molecule has 0 spiro atoms. The molecular formula is C18H29NO2. The van der Waals surface area contributed by atoms with Gasteiger partial charge in [-0.25, -0.2) is 0 Å². The normalized spacial score (nSPS) is 19.5. The zero-order valence-electron chi connectivity index (χ0n) is 13.4. The molecule has 1 aromatic rings. The first kappa shape index (κ1) is 16.3. The summed E-state index contributed by atoms with van der Waals surface area (Å²) in [6.45, 7) is 6.42. The Bertz CT molecular complexity index is 427. The van der Waals surface area contributed by atoms with Gasteiger partial charge in [0.05, 0.1) is 6.61 Å². The number of hydrogen-bond acceptors (Lipinski definition) is 3. The molecule has 0 aliphatic carbocycles. The van der Waals surface area contributed by atoms with E-state index >= 15 is 0 Å². The zero-order chi connectivity index (χ0) is 15.1. The van der Waals surface area contributed by atoms with Crippen LogP contribution in [0.3, 0.4) is 0 Å². The van der Waals surface area contributed by atoms with E-state index in [1.807, 2.05) is 0 Å². The van der Waals surface area contributed by atoms with E-state index in [9.17, 15) is 5.11 Å². The van der Waals surface area contributed by atoms with E-state index in [-0.39, 0.29) is 6.61 Å². The lowest BCUT2D eigenvalue weighted by Gasteiger charge is -2.23. The van der Waals surface area contributed by atoms with Crippen LogP contribution < -0.4 is 10.1 Å². The van der Waals surface area contributed by atoms with Gasteiger partial charge in [-0.05, 0) is 51.1 Å². The van der Waals surface area contributed by atoms with Gasteiger partial charge in [-0.1, -0.05) is 31.0 Å². The summed E-state index contributed by atoms with van der Waals surface area (Å²) in [5.41, 5.74) is 2.58. The van der Waals surface area contributed by atoms with Gasteiger partial charge in [0.15, 0.2) is 0 Å². The lowest BCUT2D eigenvalue weighted by molar-refractivity contribution is 0.244. The molecule has 0 radical (unpaired) electrons. The molecule has 3 nitrogen and oxygen atoms in total. The summed E-state index contributed by atoms with van der Waals surface area (Å²) < 4.78 is 5.86. The Labute approximate surface area is 128 Å². The van der Waals surface area contributed by atoms with Crippen LogP contribution in [0.15, 0.2) is 18.2 Å². The van der Waals surface area contributed by atoms with Crippen molar-refractivity contribution in [2.24, 2.45) is 5.92 Å². The highest BCUT2D eigenvalue weighted by Gasteiger charge is 2.20. The molecule has 0 saturated carbocycles. The van der Waals surface area contributed by atoms with E-state index < -0.39 is 0 Å². The van der Waals surface area contributed by atoms with Gasteiger partial charge in [-0.2, -0.15) is 0 Å². The first-order chi connectivity index (χ1) is 10.2. The summed E-state index contributed by atoms with van der Waals surface area (Å²) in [7, 11) is 0. The molecule has 3 heteroatoms. The molecular weight excluding hydrogens is 262 g/mol. The molecule has 118 valence electrons. The number of benzene rings is 1. The molecule has 2 rings (SSSR count). The minimum Gasteiger partial charge on any atom is -0.493 e. The average molecular weight is 291 g/mol. The molecule has 21 heavy (non-hydrogen) atoms. The summed E-state index contributed by atoms with van der Waals surface area (Å²) in [6.07, 6.45) is 5.45. The van der Waals surface area contributed by atoms with Crippen LogP contribution in [0.5, 0.6) is 5.75 Å². The van der Waals surface area contributed by atoms with Crippen molar-refractivity contribution in [1.29, 1.82) is 0 Å². The number of aliphatic hydroxyl groups is 1. The predicted octanol–water partition coefficient (Wildman–Crippen LogP) is 3.60. The first-order valence-corrected chi connectivity index (χ1v) is 8.32. The molecule has 1 heterocycles. The average Bonchev–Trinajstić information content (AvgIpc) is 2.67. The maximum absolute atomic E-state index is 9.19. The fourth-order valence-electron chi connectivity index (χ4n) is 3.16. The van der Waals surface area contributed by atoms with Crippen molar-refractivity contribution in [2.75, 3.05) is 19.8 Å². The Morgan fingerprint density at radius 3 is 3.00 bits per heavy atom. The second-order valence-corrected chi connectivity index (χ2v) is 6.16. The maximum Gasteiger partial charge on any atom is 0.124 e. The number of rotatable bonds is 7. The predicted molar refractivity (Wildman–Crippen MR) is 86.8 cm³/mol. The van der Waals surface area contributed by atoms with Gasteiger partial charge in [0.25, 0.3) is 0 Å². The van der Waals surface area contributed by atoms with Gasteiger partial charge in [-0.15, -0.1) is 0 Å². The van der Waals surface area contributed by atoms with Gasteiger partial charge in [0.1, 0.15) is 5.75 Å². The molecule has 0 saturated heterocycles. The number of aryl methyl sites for hydroxylation is 1. The SMILES string of the molecule is CCCC(CCO)CNC1CCCOc2ccc(C)cc21. The molecule has 1 aliphatic rings. The molecule has 0 fully saturated rings. The smallest absolute Gasteiger partial charge is 0.124 e. The minimum atomic E-state index is 0.288. The number of fused-ring (bicyclic) bond motifs is 1. The van der Waals surface area contributed by atoms with Gasteiger partial charge >= 0.3 is 0 Å². The monoisotopic (exact) mass is 291 g/mol. The highest BCUT2D eigenvalue weighted by molar-refractivity contribution is 5.39. The van der Waals surface area contributed by atoms with Crippen LogP contribution in [-0.2, 0) is 0 Å². The lowest BCUT2D eigenvalue weighted by atomic mass is 9.96. The van der Waals surface area contributed by atoms with Gasteiger partial charge in [-0.3, -0.25) is 0 Å². The summed E-state index contributed by atoms with van der Waals surface area (Å²) >= 11 is 0. The van der Waals surface area contributed by atoms with E-state index in [0.29, 0.717) is 12.0 Å². The number of nitrogens with one attached hydrogen (secondary N) is 1. The molecule has 0 amide bonds. The van der Waals surface area contributed by atoms with Gasteiger partial charge in [0, 0.05) is 18.2 Å². The third kappa shape index (κ3) is 4.72. The highest BCUT2D eigenvalue weighted by atomic mass is 16.5. The Balaban J connectivity index is 2.04.